The molecule has 1 aromatic carbocycles. The fourth-order valence-corrected chi connectivity index (χ4v) is 1.55. The van der Waals surface area contributed by atoms with Gasteiger partial charge in [0, 0.05) is 12.1 Å². The number of rotatable bonds is 5. The normalized spacial score (nSPS) is 12.3. The first kappa shape index (κ1) is 14.4. The molecule has 0 bridgehead atoms. The standard InChI is InChI=1S/C12H19NO.ClH/c1-10(2)13-12(9-14)8-11-6-4-3-5-7-11;/h3-7,10,12-14H,8-9H2,1-2H3;1H/t12-;/m0./s1. The van der Waals surface area contributed by atoms with Gasteiger partial charge in [-0.05, 0) is 12.0 Å². The Kier molecular flexibility index (Phi) is 7.39. The number of hydrogen-bond acceptors (Lipinski definition) is 2. The van der Waals surface area contributed by atoms with Crippen LogP contribution in [0.2, 0.25) is 0 Å². The van der Waals surface area contributed by atoms with Gasteiger partial charge in [0.25, 0.3) is 0 Å². The van der Waals surface area contributed by atoms with E-state index < -0.39 is 0 Å². The number of aliphatic hydroxyl groups excluding tert-OH is 1. The Morgan fingerprint density at radius 1 is 1.20 bits per heavy atom. The second kappa shape index (κ2) is 7.69. The second-order valence-corrected chi connectivity index (χ2v) is 3.89. The minimum Gasteiger partial charge on any atom is -0.395 e. The van der Waals surface area contributed by atoms with Crippen molar-refractivity contribution in [1.82, 2.24) is 5.32 Å². The molecule has 0 spiro atoms. The smallest absolute Gasteiger partial charge is 0.0587 e. The molecule has 1 rings (SSSR count). The summed E-state index contributed by atoms with van der Waals surface area (Å²) in [6, 6.07) is 10.8. The lowest BCUT2D eigenvalue weighted by Crippen LogP contribution is -2.39. The molecule has 1 aromatic rings. The maximum absolute atomic E-state index is 9.17. The lowest BCUT2D eigenvalue weighted by atomic mass is 10.1. The third-order valence-electron chi connectivity index (χ3n) is 2.11. The van der Waals surface area contributed by atoms with E-state index in [0.717, 1.165) is 6.42 Å². The van der Waals surface area contributed by atoms with Gasteiger partial charge in [-0.15, -0.1) is 12.4 Å². The molecule has 0 saturated carbocycles. The van der Waals surface area contributed by atoms with Crippen molar-refractivity contribution in [2.75, 3.05) is 6.61 Å². The van der Waals surface area contributed by atoms with E-state index in [9.17, 15) is 5.11 Å². The topological polar surface area (TPSA) is 32.3 Å². The van der Waals surface area contributed by atoms with Crippen molar-refractivity contribution in [1.29, 1.82) is 0 Å². The maximum Gasteiger partial charge on any atom is 0.0587 e. The summed E-state index contributed by atoms with van der Waals surface area (Å²) in [4.78, 5) is 0. The van der Waals surface area contributed by atoms with Crippen molar-refractivity contribution in [3.8, 4) is 0 Å². The molecular weight excluding hydrogens is 210 g/mol. The molecule has 3 heteroatoms. The summed E-state index contributed by atoms with van der Waals surface area (Å²) in [5.41, 5.74) is 1.26. The second-order valence-electron chi connectivity index (χ2n) is 3.89. The van der Waals surface area contributed by atoms with Crippen molar-refractivity contribution < 1.29 is 5.11 Å². The predicted molar refractivity (Wildman–Crippen MR) is 66.5 cm³/mol. The molecule has 0 aliphatic carbocycles. The van der Waals surface area contributed by atoms with Gasteiger partial charge in [-0.2, -0.15) is 0 Å². The van der Waals surface area contributed by atoms with Gasteiger partial charge in [0.05, 0.1) is 6.61 Å². The predicted octanol–water partition coefficient (Wildman–Crippen LogP) is 2.01. The number of hydrogen-bond donors (Lipinski definition) is 2. The Balaban J connectivity index is 0.00000196. The van der Waals surface area contributed by atoms with Gasteiger partial charge in [-0.25, -0.2) is 0 Å². The summed E-state index contributed by atoms with van der Waals surface area (Å²) in [6.45, 7) is 4.37. The van der Waals surface area contributed by atoms with Gasteiger partial charge in [0.15, 0.2) is 0 Å². The first-order valence-electron chi connectivity index (χ1n) is 5.13. The third kappa shape index (κ3) is 5.78. The summed E-state index contributed by atoms with van der Waals surface area (Å²) < 4.78 is 0. The first-order chi connectivity index (χ1) is 6.72. The van der Waals surface area contributed by atoms with E-state index in [4.69, 9.17) is 0 Å². The van der Waals surface area contributed by atoms with Crippen molar-refractivity contribution in [3.63, 3.8) is 0 Å². The van der Waals surface area contributed by atoms with Crippen LogP contribution in [-0.4, -0.2) is 23.8 Å². The van der Waals surface area contributed by atoms with Crippen LogP contribution >= 0.6 is 12.4 Å². The molecule has 15 heavy (non-hydrogen) atoms. The first-order valence-corrected chi connectivity index (χ1v) is 5.13. The molecule has 0 unspecified atom stereocenters. The highest BCUT2D eigenvalue weighted by molar-refractivity contribution is 5.85. The monoisotopic (exact) mass is 229 g/mol. The molecule has 0 aliphatic heterocycles. The van der Waals surface area contributed by atoms with Crippen LogP contribution in [0.5, 0.6) is 0 Å². The van der Waals surface area contributed by atoms with Gasteiger partial charge < -0.3 is 10.4 Å². The molecule has 86 valence electrons. The quantitative estimate of drug-likeness (QED) is 0.810. The molecule has 2 nitrogen and oxygen atoms in total. The molecule has 0 aliphatic rings. The van der Waals surface area contributed by atoms with Gasteiger partial charge in [-0.3, -0.25) is 0 Å². The maximum atomic E-state index is 9.17. The van der Waals surface area contributed by atoms with Crippen LogP contribution in [0.3, 0.4) is 0 Å². The zero-order valence-electron chi connectivity index (χ0n) is 9.31. The van der Waals surface area contributed by atoms with Crippen molar-refractivity contribution in [3.05, 3.63) is 35.9 Å². The Bertz CT molecular complexity index is 251. The molecule has 2 N–H and O–H groups in total. The average molecular weight is 230 g/mol. The Hall–Kier alpha value is -0.570. The summed E-state index contributed by atoms with van der Waals surface area (Å²) in [5, 5.41) is 12.5. The van der Waals surface area contributed by atoms with Crippen LogP contribution in [0.15, 0.2) is 30.3 Å². The summed E-state index contributed by atoms with van der Waals surface area (Å²) in [6.07, 6.45) is 0.884. The van der Waals surface area contributed by atoms with Crippen LogP contribution in [-0.2, 0) is 6.42 Å². The molecule has 0 fully saturated rings. The zero-order chi connectivity index (χ0) is 10.4. The van der Waals surface area contributed by atoms with Gasteiger partial charge in [0.2, 0.25) is 0 Å². The number of aliphatic hydroxyl groups is 1. The van der Waals surface area contributed by atoms with Crippen molar-refractivity contribution in [2.45, 2.75) is 32.4 Å². The number of nitrogens with one attached hydrogen (secondary N) is 1. The van der Waals surface area contributed by atoms with Crippen LogP contribution in [0, 0.1) is 0 Å². The fourth-order valence-electron chi connectivity index (χ4n) is 1.55. The van der Waals surface area contributed by atoms with Crippen LogP contribution in [0.25, 0.3) is 0 Å². The molecular formula is C12H20ClNO. The largest absolute Gasteiger partial charge is 0.395 e. The van der Waals surface area contributed by atoms with E-state index in [2.05, 4.69) is 31.3 Å². The Labute approximate surface area is 98.1 Å². The lowest BCUT2D eigenvalue weighted by Gasteiger charge is -2.18. The highest BCUT2D eigenvalue weighted by atomic mass is 35.5. The summed E-state index contributed by atoms with van der Waals surface area (Å²) in [7, 11) is 0. The van der Waals surface area contributed by atoms with E-state index in [1.54, 1.807) is 0 Å². The summed E-state index contributed by atoms with van der Waals surface area (Å²) >= 11 is 0. The van der Waals surface area contributed by atoms with Gasteiger partial charge in [-0.1, -0.05) is 44.2 Å². The average Bonchev–Trinajstić information content (AvgIpc) is 2.17. The third-order valence-corrected chi connectivity index (χ3v) is 2.11. The van der Waals surface area contributed by atoms with E-state index in [1.165, 1.54) is 5.56 Å². The van der Waals surface area contributed by atoms with Gasteiger partial charge >= 0.3 is 0 Å². The van der Waals surface area contributed by atoms with E-state index >= 15 is 0 Å². The van der Waals surface area contributed by atoms with Crippen molar-refractivity contribution >= 4 is 12.4 Å². The molecule has 0 saturated heterocycles. The molecule has 1 atom stereocenters. The minimum atomic E-state index is 0. The van der Waals surface area contributed by atoms with E-state index in [-0.39, 0.29) is 25.1 Å². The van der Waals surface area contributed by atoms with Crippen LogP contribution in [0.4, 0.5) is 0 Å². The highest BCUT2D eigenvalue weighted by Gasteiger charge is 2.08. The fraction of sp³-hybridized carbons (Fsp3) is 0.500. The minimum absolute atomic E-state index is 0. The molecule has 0 amide bonds. The SMILES string of the molecule is CC(C)N[C@H](CO)Cc1ccccc1.Cl. The molecule has 0 aromatic heterocycles. The van der Waals surface area contributed by atoms with Crippen LogP contribution in [0.1, 0.15) is 19.4 Å². The zero-order valence-corrected chi connectivity index (χ0v) is 10.1. The Morgan fingerprint density at radius 3 is 2.27 bits per heavy atom. The van der Waals surface area contributed by atoms with E-state index in [0.29, 0.717) is 6.04 Å². The van der Waals surface area contributed by atoms with Crippen molar-refractivity contribution in [2.24, 2.45) is 0 Å². The van der Waals surface area contributed by atoms with Crippen LogP contribution < -0.4 is 5.32 Å². The highest BCUT2D eigenvalue weighted by Crippen LogP contribution is 2.03. The Morgan fingerprint density at radius 2 is 1.80 bits per heavy atom. The number of halogens is 1. The van der Waals surface area contributed by atoms with Gasteiger partial charge in [0.1, 0.15) is 0 Å². The molecule has 0 heterocycles. The number of benzene rings is 1. The summed E-state index contributed by atoms with van der Waals surface area (Å²) in [5.74, 6) is 0. The van der Waals surface area contributed by atoms with E-state index in [1.807, 2.05) is 18.2 Å². The molecule has 0 radical (unpaired) electrons. The lowest BCUT2D eigenvalue weighted by molar-refractivity contribution is 0.234.